The predicted molar refractivity (Wildman–Crippen MR) is 78.9 cm³/mol. The van der Waals surface area contributed by atoms with Crippen molar-refractivity contribution in [2.75, 3.05) is 31.6 Å². The van der Waals surface area contributed by atoms with Gasteiger partial charge in [-0.15, -0.1) is 0 Å². The van der Waals surface area contributed by atoms with Gasteiger partial charge in [-0.2, -0.15) is 0 Å². The van der Waals surface area contributed by atoms with Crippen molar-refractivity contribution < 1.29 is 19.4 Å². The van der Waals surface area contributed by atoms with Crippen LogP contribution in [0.1, 0.15) is 0 Å². The van der Waals surface area contributed by atoms with E-state index >= 15 is 0 Å². The van der Waals surface area contributed by atoms with Crippen molar-refractivity contribution in [3.05, 3.63) is 28.2 Å². The normalized spacial score (nSPS) is 19.2. The zero-order valence-corrected chi connectivity index (χ0v) is 12.5. The lowest BCUT2D eigenvalue weighted by Crippen LogP contribution is -2.48. The molecule has 114 valence electrons. The largest absolute Gasteiger partial charge is 0.479 e. The molecule has 1 unspecified atom stereocenters. The van der Waals surface area contributed by atoms with Gasteiger partial charge in [0, 0.05) is 13.1 Å². The molecule has 1 aliphatic heterocycles. The third-order valence-electron chi connectivity index (χ3n) is 3.02. The summed E-state index contributed by atoms with van der Waals surface area (Å²) in [5, 5.41) is 12.2. The van der Waals surface area contributed by atoms with Crippen molar-refractivity contribution in [3.63, 3.8) is 0 Å². The number of aliphatic carboxylic acids is 1. The number of anilines is 1. The average molecular weight is 333 g/mol. The van der Waals surface area contributed by atoms with E-state index in [0.717, 1.165) is 0 Å². The van der Waals surface area contributed by atoms with Gasteiger partial charge < -0.3 is 15.2 Å². The van der Waals surface area contributed by atoms with E-state index in [2.05, 4.69) is 5.32 Å². The number of morpholine rings is 1. The number of nitrogens with zero attached hydrogens (tertiary/aromatic N) is 1. The molecule has 1 atom stereocenters. The van der Waals surface area contributed by atoms with E-state index in [-0.39, 0.29) is 25.6 Å². The smallest absolute Gasteiger partial charge is 0.334 e. The maximum atomic E-state index is 12.0. The quantitative estimate of drug-likeness (QED) is 0.877. The molecule has 1 aliphatic rings. The molecule has 2 N–H and O–H groups in total. The van der Waals surface area contributed by atoms with Gasteiger partial charge >= 0.3 is 5.97 Å². The molecule has 8 heteroatoms. The highest BCUT2D eigenvalue weighted by atomic mass is 35.5. The number of rotatable bonds is 4. The zero-order valence-electron chi connectivity index (χ0n) is 11.0. The summed E-state index contributed by atoms with van der Waals surface area (Å²) in [6.07, 6.45) is -0.907. The first kappa shape index (κ1) is 16.0. The summed E-state index contributed by atoms with van der Waals surface area (Å²) in [7, 11) is 0. The van der Waals surface area contributed by atoms with Gasteiger partial charge in [0.1, 0.15) is 0 Å². The van der Waals surface area contributed by atoms with Crippen molar-refractivity contribution in [2.45, 2.75) is 6.10 Å². The fraction of sp³-hybridized carbons (Fsp3) is 0.385. The molecule has 1 saturated heterocycles. The summed E-state index contributed by atoms with van der Waals surface area (Å²) in [6.45, 7) is 0.984. The minimum atomic E-state index is -1.03. The van der Waals surface area contributed by atoms with Gasteiger partial charge in [-0.3, -0.25) is 9.69 Å². The van der Waals surface area contributed by atoms with E-state index in [1.54, 1.807) is 23.1 Å². The van der Waals surface area contributed by atoms with Crippen LogP contribution >= 0.6 is 23.2 Å². The van der Waals surface area contributed by atoms with Gasteiger partial charge in [0.25, 0.3) is 0 Å². The van der Waals surface area contributed by atoms with Crippen LogP contribution in [-0.4, -0.2) is 54.2 Å². The molecule has 0 bridgehead atoms. The number of halogens is 2. The van der Waals surface area contributed by atoms with Crippen LogP contribution in [0.25, 0.3) is 0 Å². The van der Waals surface area contributed by atoms with E-state index in [1.807, 2.05) is 0 Å². The molecular weight excluding hydrogens is 319 g/mol. The highest BCUT2D eigenvalue weighted by Crippen LogP contribution is 2.29. The number of para-hydroxylation sites is 1. The molecule has 1 fully saturated rings. The fourth-order valence-corrected chi connectivity index (χ4v) is 2.49. The maximum Gasteiger partial charge on any atom is 0.334 e. The Balaban J connectivity index is 1.94. The molecule has 2 rings (SSSR count). The Bertz CT molecular complexity index is 533. The minimum Gasteiger partial charge on any atom is -0.479 e. The second-order valence-corrected chi connectivity index (χ2v) is 5.39. The summed E-state index contributed by atoms with van der Waals surface area (Å²) in [4.78, 5) is 24.6. The van der Waals surface area contributed by atoms with Gasteiger partial charge in [0.05, 0.1) is 28.9 Å². The highest BCUT2D eigenvalue weighted by Gasteiger charge is 2.27. The molecule has 0 spiro atoms. The summed E-state index contributed by atoms with van der Waals surface area (Å²) in [5.41, 5.74) is 0.355. The second-order valence-electron chi connectivity index (χ2n) is 4.58. The molecule has 21 heavy (non-hydrogen) atoms. The van der Waals surface area contributed by atoms with Crippen LogP contribution in [-0.2, 0) is 14.3 Å². The van der Waals surface area contributed by atoms with Crippen molar-refractivity contribution in [3.8, 4) is 0 Å². The first-order valence-corrected chi connectivity index (χ1v) is 7.03. The molecule has 0 aliphatic carbocycles. The minimum absolute atomic E-state index is 0.0503. The van der Waals surface area contributed by atoms with Gasteiger partial charge in [0.2, 0.25) is 5.91 Å². The van der Waals surface area contributed by atoms with Crippen LogP contribution in [0.5, 0.6) is 0 Å². The Morgan fingerprint density at radius 1 is 1.38 bits per heavy atom. The molecule has 0 radical (unpaired) electrons. The summed E-state index contributed by atoms with van der Waals surface area (Å²) < 4.78 is 5.09. The van der Waals surface area contributed by atoms with Gasteiger partial charge in [-0.25, -0.2) is 4.79 Å². The van der Waals surface area contributed by atoms with Crippen LogP contribution in [0.15, 0.2) is 18.2 Å². The van der Waals surface area contributed by atoms with E-state index in [0.29, 0.717) is 22.3 Å². The lowest BCUT2D eigenvalue weighted by atomic mass is 10.2. The molecule has 0 saturated carbocycles. The van der Waals surface area contributed by atoms with Gasteiger partial charge in [0.15, 0.2) is 6.10 Å². The molecule has 1 aromatic rings. The summed E-state index contributed by atoms with van der Waals surface area (Å²) in [6, 6.07) is 4.93. The lowest BCUT2D eigenvalue weighted by molar-refractivity contribution is -0.156. The van der Waals surface area contributed by atoms with Crippen LogP contribution in [0.4, 0.5) is 5.69 Å². The van der Waals surface area contributed by atoms with Crippen molar-refractivity contribution in [2.24, 2.45) is 0 Å². The third kappa shape index (κ3) is 4.31. The number of carboxylic acid groups (broad SMARTS) is 1. The van der Waals surface area contributed by atoms with E-state index < -0.39 is 12.1 Å². The number of nitrogens with one attached hydrogen (secondary N) is 1. The van der Waals surface area contributed by atoms with E-state index in [4.69, 9.17) is 33.0 Å². The van der Waals surface area contributed by atoms with Crippen LogP contribution < -0.4 is 5.32 Å². The van der Waals surface area contributed by atoms with Gasteiger partial charge in [-0.1, -0.05) is 29.3 Å². The number of carboxylic acids is 1. The first-order chi connectivity index (χ1) is 9.97. The molecule has 1 aromatic carbocycles. The second kappa shape index (κ2) is 7.09. The number of hydrogen-bond donors (Lipinski definition) is 2. The number of hydrogen-bond acceptors (Lipinski definition) is 4. The third-order valence-corrected chi connectivity index (χ3v) is 3.65. The Morgan fingerprint density at radius 3 is 2.67 bits per heavy atom. The molecular formula is C13H14Cl2N2O4. The lowest BCUT2D eigenvalue weighted by Gasteiger charge is -2.30. The molecule has 1 amide bonds. The molecule has 1 heterocycles. The van der Waals surface area contributed by atoms with Crippen LogP contribution in [0.3, 0.4) is 0 Å². The Hall–Kier alpha value is -1.34. The van der Waals surface area contributed by atoms with Crippen molar-refractivity contribution in [1.29, 1.82) is 0 Å². The van der Waals surface area contributed by atoms with Crippen molar-refractivity contribution in [1.82, 2.24) is 4.90 Å². The highest BCUT2D eigenvalue weighted by molar-refractivity contribution is 6.39. The van der Waals surface area contributed by atoms with E-state index in [1.165, 1.54) is 0 Å². The Labute approximate surface area is 131 Å². The monoisotopic (exact) mass is 332 g/mol. The van der Waals surface area contributed by atoms with Crippen LogP contribution in [0, 0.1) is 0 Å². The standard InChI is InChI=1S/C13H14Cl2N2O4/c14-8-2-1-3-9(15)12(8)16-11(18)7-17-4-5-21-10(6-17)13(19)20/h1-3,10H,4-7H2,(H,16,18)(H,19,20). The number of ether oxygens (including phenoxy) is 1. The summed E-state index contributed by atoms with van der Waals surface area (Å²) >= 11 is 11.9. The summed E-state index contributed by atoms with van der Waals surface area (Å²) in [5.74, 6) is -1.34. The first-order valence-electron chi connectivity index (χ1n) is 6.28. The van der Waals surface area contributed by atoms with Crippen LogP contribution in [0.2, 0.25) is 10.0 Å². The number of carbonyl (C=O) groups excluding carboxylic acids is 1. The average Bonchev–Trinajstić information content (AvgIpc) is 2.43. The topological polar surface area (TPSA) is 78.9 Å². The Kier molecular flexibility index (Phi) is 5.41. The predicted octanol–water partition coefficient (Wildman–Crippen LogP) is 1.72. The molecule has 0 aromatic heterocycles. The van der Waals surface area contributed by atoms with Crippen molar-refractivity contribution >= 4 is 40.8 Å². The number of carbonyl (C=O) groups is 2. The Morgan fingerprint density at radius 2 is 2.05 bits per heavy atom. The zero-order chi connectivity index (χ0) is 15.4. The van der Waals surface area contributed by atoms with E-state index in [9.17, 15) is 9.59 Å². The number of benzene rings is 1. The number of amides is 1. The van der Waals surface area contributed by atoms with Gasteiger partial charge in [-0.05, 0) is 12.1 Å². The SMILES string of the molecule is O=C(CN1CCOC(C(=O)O)C1)Nc1c(Cl)cccc1Cl. The molecule has 6 nitrogen and oxygen atoms in total. The maximum absolute atomic E-state index is 12.0. The fourth-order valence-electron chi connectivity index (χ4n) is 1.99.